The molecule has 1 rings (SSSR count). The van der Waals surface area contributed by atoms with Crippen LogP contribution in [0.5, 0.6) is 0 Å². The van der Waals surface area contributed by atoms with Crippen molar-refractivity contribution in [2.24, 2.45) is 0 Å². The van der Waals surface area contributed by atoms with E-state index in [0.29, 0.717) is 22.1 Å². The standard InChI is InChI=1S/C7H10N2O3S.C6H9BrO3/c1-11-3-4-5(6(10)12-2)13-7(8)9-4;1-3-4(8)5(7)6(9)10-2/h3H2,1-2H3,(H2,8,9);5H,3H2,1-2H3. The first-order chi connectivity index (χ1) is 10.8. The Kier molecular flexibility index (Phi) is 10.4. The van der Waals surface area contributed by atoms with Crippen molar-refractivity contribution in [3.05, 3.63) is 10.6 Å². The highest BCUT2D eigenvalue weighted by atomic mass is 79.9. The average Bonchev–Trinajstić information content (AvgIpc) is 2.93. The van der Waals surface area contributed by atoms with Gasteiger partial charge in [0.2, 0.25) is 0 Å². The van der Waals surface area contributed by atoms with E-state index < -0.39 is 16.8 Å². The van der Waals surface area contributed by atoms with Crippen LogP contribution in [0.1, 0.15) is 28.7 Å². The highest BCUT2D eigenvalue weighted by molar-refractivity contribution is 9.10. The fraction of sp³-hybridized carbons (Fsp3) is 0.538. The first-order valence-electron chi connectivity index (χ1n) is 6.39. The van der Waals surface area contributed by atoms with Crippen LogP contribution in [0.3, 0.4) is 0 Å². The quantitative estimate of drug-likeness (QED) is 0.426. The van der Waals surface area contributed by atoms with Crippen LogP contribution < -0.4 is 5.73 Å². The molecule has 2 N–H and O–H groups in total. The minimum atomic E-state index is -0.789. The van der Waals surface area contributed by atoms with E-state index >= 15 is 0 Å². The zero-order valence-corrected chi connectivity index (χ0v) is 15.7. The highest BCUT2D eigenvalue weighted by Gasteiger charge is 2.21. The minimum Gasteiger partial charge on any atom is -0.468 e. The molecule has 0 fully saturated rings. The largest absolute Gasteiger partial charge is 0.468 e. The number of hydrogen-bond acceptors (Lipinski definition) is 9. The number of alkyl halides is 1. The van der Waals surface area contributed by atoms with Crippen molar-refractivity contribution in [1.29, 1.82) is 0 Å². The van der Waals surface area contributed by atoms with Crippen LogP contribution in [0, 0.1) is 0 Å². The lowest BCUT2D eigenvalue weighted by atomic mass is 10.2. The summed E-state index contributed by atoms with van der Waals surface area (Å²) in [6, 6.07) is 0. The molecule has 0 saturated carbocycles. The van der Waals surface area contributed by atoms with Crippen LogP contribution in [-0.2, 0) is 30.4 Å². The number of Topliss-reactive ketones (excluding diaryl/α,β-unsaturated/α-hetero) is 1. The van der Waals surface area contributed by atoms with E-state index in [9.17, 15) is 14.4 Å². The topological polar surface area (TPSA) is 118 Å². The van der Waals surface area contributed by atoms with Gasteiger partial charge in [0.05, 0.1) is 26.5 Å². The Balaban J connectivity index is 0.000000438. The van der Waals surface area contributed by atoms with Gasteiger partial charge in [-0.2, -0.15) is 0 Å². The number of ether oxygens (including phenoxy) is 3. The molecule has 10 heteroatoms. The summed E-state index contributed by atoms with van der Waals surface area (Å²) in [5, 5.41) is 0.340. The number of hydrogen-bond donors (Lipinski definition) is 1. The number of nitrogen functional groups attached to an aromatic ring is 1. The summed E-state index contributed by atoms with van der Waals surface area (Å²) in [4.78, 5) is 36.1. The SMILES string of the molecule is CCC(=O)C(Br)C(=O)OC.COCc1nc(N)sc1C(=O)OC. The molecule has 1 heterocycles. The molecule has 1 aromatic heterocycles. The number of nitrogens with zero attached hydrogens (tertiary/aromatic N) is 1. The fourth-order valence-electron chi connectivity index (χ4n) is 1.27. The van der Waals surface area contributed by atoms with Gasteiger partial charge in [-0.1, -0.05) is 34.2 Å². The lowest BCUT2D eigenvalue weighted by Crippen LogP contribution is -2.24. The lowest BCUT2D eigenvalue weighted by molar-refractivity contribution is -0.142. The maximum atomic E-state index is 11.2. The molecule has 0 aliphatic carbocycles. The second-order valence-electron chi connectivity index (χ2n) is 3.96. The van der Waals surface area contributed by atoms with Crippen molar-refractivity contribution in [3.63, 3.8) is 0 Å². The van der Waals surface area contributed by atoms with Gasteiger partial charge in [-0.25, -0.2) is 9.78 Å². The molecule has 0 aliphatic heterocycles. The predicted octanol–water partition coefficient (Wildman–Crippen LogP) is 1.56. The van der Waals surface area contributed by atoms with Gasteiger partial charge in [0.25, 0.3) is 0 Å². The van der Waals surface area contributed by atoms with Crippen molar-refractivity contribution in [2.75, 3.05) is 27.1 Å². The second kappa shape index (κ2) is 11.1. The number of ketones is 1. The summed E-state index contributed by atoms with van der Waals surface area (Å²) < 4.78 is 13.7. The third kappa shape index (κ3) is 7.06. The van der Waals surface area contributed by atoms with E-state index in [1.807, 2.05) is 0 Å². The summed E-state index contributed by atoms with van der Waals surface area (Å²) in [5.41, 5.74) is 5.97. The molecule has 23 heavy (non-hydrogen) atoms. The Morgan fingerprint density at radius 3 is 2.30 bits per heavy atom. The molecule has 0 bridgehead atoms. The number of carbonyl (C=O) groups is 3. The smallest absolute Gasteiger partial charge is 0.350 e. The van der Waals surface area contributed by atoms with Crippen molar-refractivity contribution >= 4 is 50.1 Å². The Hall–Kier alpha value is -1.52. The Morgan fingerprint density at radius 2 is 1.87 bits per heavy atom. The molecule has 8 nitrogen and oxygen atoms in total. The molecule has 1 unspecified atom stereocenters. The summed E-state index contributed by atoms with van der Waals surface area (Å²) in [7, 11) is 4.09. The van der Waals surface area contributed by atoms with Crippen molar-refractivity contribution in [1.82, 2.24) is 4.98 Å². The number of halogens is 1. The monoisotopic (exact) mass is 410 g/mol. The van der Waals surface area contributed by atoms with Crippen LogP contribution in [0.2, 0.25) is 0 Å². The number of esters is 2. The van der Waals surface area contributed by atoms with Crippen LogP contribution in [0.15, 0.2) is 0 Å². The van der Waals surface area contributed by atoms with E-state index in [1.165, 1.54) is 21.3 Å². The van der Waals surface area contributed by atoms with Crippen LogP contribution in [0.25, 0.3) is 0 Å². The summed E-state index contributed by atoms with van der Waals surface area (Å²) in [6.45, 7) is 1.96. The van der Waals surface area contributed by atoms with Gasteiger partial charge in [-0.15, -0.1) is 0 Å². The number of thiazole rings is 1. The maximum absolute atomic E-state index is 11.2. The number of rotatable bonds is 6. The molecule has 130 valence electrons. The third-order valence-electron chi connectivity index (χ3n) is 2.40. The molecule has 1 aromatic rings. The highest BCUT2D eigenvalue weighted by Crippen LogP contribution is 2.21. The van der Waals surface area contributed by atoms with E-state index in [4.69, 9.17) is 10.5 Å². The fourth-order valence-corrected chi connectivity index (χ4v) is 2.54. The molecule has 0 radical (unpaired) electrons. The molecule has 0 aromatic carbocycles. The number of anilines is 1. The molecule has 0 spiro atoms. The van der Waals surface area contributed by atoms with Gasteiger partial charge >= 0.3 is 11.9 Å². The van der Waals surface area contributed by atoms with E-state index in [0.717, 1.165) is 11.3 Å². The van der Waals surface area contributed by atoms with Crippen molar-refractivity contribution < 1.29 is 28.6 Å². The number of methoxy groups -OCH3 is 3. The molecule has 0 amide bonds. The first kappa shape index (κ1) is 21.5. The zero-order valence-electron chi connectivity index (χ0n) is 13.3. The van der Waals surface area contributed by atoms with Gasteiger partial charge in [0, 0.05) is 13.5 Å². The zero-order chi connectivity index (χ0) is 18.0. The summed E-state index contributed by atoms with van der Waals surface area (Å²) >= 11 is 4.00. The van der Waals surface area contributed by atoms with E-state index in [-0.39, 0.29) is 12.4 Å². The van der Waals surface area contributed by atoms with Gasteiger partial charge in [0.1, 0.15) is 4.88 Å². The third-order valence-corrected chi connectivity index (χ3v) is 4.20. The van der Waals surface area contributed by atoms with Crippen LogP contribution in [-0.4, -0.2) is 48.9 Å². The van der Waals surface area contributed by atoms with E-state index in [1.54, 1.807) is 6.92 Å². The van der Waals surface area contributed by atoms with Crippen LogP contribution in [0.4, 0.5) is 5.13 Å². The van der Waals surface area contributed by atoms with Crippen LogP contribution >= 0.6 is 27.3 Å². The van der Waals surface area contributed by atoms with Gasteiger partial charge in [-0.05, 0) is 0 Å². The second-order valence-corrected chi connectivity index (χ2v) is 5.90. The molecule has 0 aliphatic rings. The number of aromatic nitrogens is 1. The Labute approximate surface area is 146 Å². The van der Waals surface area contributed by atoms with Gasteiger partial charge in [-0.3, -0.25) is 9.59 Å². The van der Waals surface area contributed by atoms with Crippen molar-refractivity contribution in [3.8, 4) is 0 Å². The molecular formula is C13H19BrN2O6S. The van der Waals surface area contributed by atoms with Gasteiger partial charge < -0.3 is 19.9 Å². The van der Waals surface area contributed by atoms with Crippen molar-refractivity contribution in [2.45, 2.75) is 24.8 Å². The summed E-state index contributed by atoms with van der Waals surface area (Å²) in [6.07, 6.45) is 0.338. The molecule has 1 atom stereocenters. The first-order valence-corrected chi connectivity index (χ1v) is 8.12. The van der Waals surface area contributed by atoms with E-state index in [2.05, 4.69) is 30.4 Å². The lowest BCUT2D eigenvalue weighted by Gasteiger charge is -2.02. The number of carbonyl (C=O) groups excluding carboxylic acids is 3. The maximum Gasteiger partial charge on any atom is 0.350 e. The predicted molar refractivity (Wildman–Crippen MR) is 88.6 cm³/mol. The van der Waals surface area contributed by atoms with Gasteiger partial charge in [0.15, 0.2) is 15.7 Å². The minimum absolute atomic E-state index is 0.160. The number of nitrogens with two attached hydrogens (primary N) is 1. The normalized spacial score (nSPS) is 11.0. The molecule has 0 saturated heterocycles. The molecular weight excluding hydrogens is 392 g/mol. The Bertz CT molecular complexity index is 533. The Morgan fingerprint density at radius 1 is 1.26 bits per heavy atom. The average molecular weight is 411 g/mol. The summed E-state index contributed by atoms with van der Waals surface area (Å²) in [5.74, 6) is -1.13.